The normalized spacial score (nSPS) is 13.0. The molecule has 0 aromatic heterocycles. The molecule has 1 nitrogen and oxygen atoms in total. The van der Waals surface area contributed by atoms with E-state index in [1.807, 2.05) is 0 Å². The Morgan fingerprint density at radius 2 is 1.04 bits per heavy atom. The van der Waals surface area contributed by atoms with Crippen LogP contribution in [0.2, 0.25) is 0 Å². The Hall–Kier alpha value is -2.25. The first-order valence-electron chi connectivity index (χ1n) is 6.58. The average Bonchev–Trinajstić information content (AvgIpc) is 2.47. The zero-order valence-electron chi connectivity index (χ0n) is 12.2. The Morgan fingerprint density at radius 3 is 1.38 bits per heavy atom. The average molecular weight is 352 g/mol. The van der Waals surface area contributed by atoms with E-state index in [4.69, 9.17) is 4.74 Å². The van der Waals surface area contributed by atoms with Crippen LogP contribution in [0.25, 0.3) is 0 Å². The van der Waals surface area contributed by atoms with E-state index in [0.29, 0.717) is 36.4 Å². The molecule has 0 spiro atoms. The van der Waals surface area contributed by atoms with Gasteiger partial charge in [-0.25, -0.2) is 4.39 Å². The van der Waals surface area contributed by atoms with Gasteiger partial charge in [0.05, 0.1) is 7.11 Å². The number of halogens is 7. The molecule has 8 heteroatoms. The van der Waals surface area contributed by atoms with Crippen LogP contribution in [-0.2, 0) is 5.41 Å². The molecule has 0 heterocycles. The number of benzene rings is 2. The van der Waals surface area contributed by atoms with Crippen LogP contribution < -0.4 is 4.74 Å². The molecule has 0 saturated carbocycles. The van der Waals surface area contributed by atoms with Crippen LogP contribution in [0.4, 0.5) is 30.7 Å². The lowest BCUT2D eigenvalue weighted by molar-refractivity contribution is -0.288. The van der Waals surface area contributed by atoms with Crippen molar-refractivity contribution in [1.82, 2.24) is 0 Å². The molecule has 0 bridgehead atoms. The van der Waals surface area contributed by atoms with Crippen molar-refractivity contribution < 1.29 is 35.5 Å². The first-order chi connectivity index (χ1) is 11.0. The highest BCUT2D eigenvalue weighted by Gasteiger charge is 2.72. The van der Waals surface area contributed by atoms with Gasteiger partial charge in [0, 0.05) is 0 Å². The van der Waals surface area contributed by atoms with E-state index in [2.05, 4.69) is 0 Å². The molecule has 0 aliphatic carbocycles. The third kappa shape index (κ3) is 2.81. The summed E-state index contributed by atoms with van der Waals surface area (Å²) in [5.41, 5.74) is -6.43. The molecule has 0 aliphatic heterocycles. The van der Waals surface area contributed by atoms with E-state index in [1.165, 1.54) is 7.11 Å². The van der Waals surface area contributed by atoms with Gasteiger partial charge in [0.25, 0.3) is 0 Å². The summed E-state index contributed by atoms with van der Waals surface area (Å²) in [6, 6.07) is 5.50. The van der Waals surface area contributed by atoms with Gasteiger partial charge in [-0.2, -0.15) is 26.3 Å². The summed E-state index contributed by atoms with van der Waals surface area (Å²) in [5.74, 6) is -0.831. The van der Waals surface area contributed by atoms with Crippen molar-refractivity contribution in [2.45, 2.75) is 17.8 Å². The second-order valence-electron chi connectivity index (χ2n) is 4.98. The molecule has 0 radical (unpaired) electrons. The summed E-state index contributed by atoms with van der Waals surface area (Å²) in [6.07, 6.45) is -11.4. The summed E-state index contributed by atoms with van der Waals surface area (Å²) in [5, 5.41) is 0. The SMILES string of the molecule is COc1ccc(C(c2ccc(F)cc2)(C(F)(F)F)C(F)(F)F)cc1. The zero-order valence-corrected chi connectivity index (χ0v) is 12.2. The molecule has 2 aromatic carbocycles. The summed E-state index contributed by atoms with van der Waals surface area (Å²) in [4.78, 5) is 0. The first kappa shape index (κ1) is 18.1. The molecule has 24 heavy (non-hydrogen) atoms. The van der Waals surface area contributed by atoms with Crippen molar-refractivity contribution in [3.63, 3.8) is 0 Å². The van der Waals surface area contributed by atoms with E-state index < -0.39 is 34.7 Å². The lowest BCUT2D eigenvalue weighted by Gasteiger charge is -2.38. The minimum Gasteiger partial charge on any atom is -0.497 e. The lowest BCUT2D eigenvalue weighted by Crippen LogP contribution is -2.54. The van der Waals surface area contributed by atoms with Gasteiger partial charge in [-0.15, -0.1) is 0 Å². The number of hydrogen-bond donors (Lipinski definition) is 0. The summed E-state index contributed by atoms with van der Waals surface area (Å²) in [6.45, 7) is 0. The Bertz CT molecular complexity index is 670. The van der Waals surface area contributed by atoms with Gasteiger partial charge in [0.15, 0.2) is 0 Å². The zero-order chi connectivity index (χ0) is 18.2. The van der Waals surface area contributed by atoms with Gasteiger partial charge in [-0.05, 0) is 35.4 Å². The first-order valence-corrected chi connectivity index (χ1v) is 6.58. The monoisotopic (exact) mass is 352 g/mol. The summed E-state index contributed by atoms with van der Waals surface area (Å²) >= 11 is 0. The summed E-state index contributed by atoms with van der Waals surface area (Å²) < 4.78 is 99.8. The van der Waals surface area contributed by atoms with Gasteiger partial charge in [-0.1, -0.05) is 24.3 Å². The predicted octanol–water partition coefficient (Wildman–Crippen LogP) is 5.25. The number of ether oxygens (including phenoxy) is 1. The Morgan fingerprint density at radius 1 is 0.667 bits per heavy atom. The van der Waals surface area contributed by atoms with Crippen LogP contribution in [-0.4, -0.2) is 19.5 Å². The smallest absolute Gasteiger partial charge is 0.411 e. The standard InChI is InChI=1S/C16H11F7O/c1-24-13-8-4-11(5-9-13)14(15(18,19)20,16(21,22)23)10-2-6-12(17)7-3-10/h2-9H,1H3. The highest BCUT2D eigenvalue weighted by molar-refractivity contribution is 5.45. The van der Waals surface area contributed by atoms with Crippen molar-refractivity contribution in [2.24, 2.45) is 0 Å². The quantitative estimate of drug-likeness (QED) is 0.686. The van der Waals surface area contributed by atoms with Gasteiger partial charge < -0.3 is 4.74 Å². The second kappa shape index (κ2) is 5.99. The van der Waals surface area contributed by atoms with Crippen LogP contribution in [0, 0.1) is 5.82 Å². The van der Waals surface area contributed by atoms with E-state index in [1.54, 1.807) is 0 Å². The molecule has 0 atom stereocenters. The Kier molecular flexibility index (Phi) is 4.52. The fourth-order valence-electron chi connectivity index (χ4n) is 2.52. The van der Waals surface area contributed by atoms with Crippen molar-refractivity contribution >= 4 is 0 Å². The van der Waals surface area contributed by atoms with Gasteiger partial charge >= 0.3 is 12.4 Å². The third-order valence-corrected chi connectivity index (χ3v) is 3.65. The van der Waals surface area contributed by atoms with Crippen LogP contribution in [0.5, 0.6) is 5.75 Å². The molecule has 2 aromatic rings. The molecule has 0 amide bonds. The number of methoxy groups -OCH3 is 1. The fraction of sp³-hybridized carbons (Fsp3) is 0.250. The van der Waals surface area contributed by atoms with Crippen molar-refractivity contribution in [2.75, 3.05) is 7.11 Å². The molecule has 0 unspecified atom stereocenters. The molecule has 0 fully saturated rings. The maximum atomic E-state index is 13.7. The van der Waals surface area contributed by atoms with Gasteiger partial charge in [0.1, 0.15) is 11.6 Å². The molecular weight excluding hydrogens is 341 g/mol. The molecule has 0 aliphatic rings. The molecular formula is C16H11F7O. The van der Waals surface area contributed by atoms with E-state index in [9.17, 15) is 30.7 Å². The van der Waals surface area contributed by atoms with Crippen molar-refractivity contribution in [3.8, 4) is 5.75 Å². The van der Waals surface area contributed by atoms with E-state index in [0.717, 1.165) is 12.1 Å². The maximum absolute atomic E-state index is 13.7. The lowest BCUT2D eigenvalue weighted by atomic mass is 9.73. The van der Waals surface area contributed by atoms with Crippen molar-refractivity contribution in [3.05, 3.63) is 65.5 Å². The minimum atomic E-state index is -5.70. The Balaban J connectivity index is 2.83. The summed E-state index contributed by atoms with van der Waals surface area (Å²) in [7, 11) is 1.23. The van der Waals surface area contributed by atoms with Crippen LogP contribution in [0.1, 0.15) is 11.1 Å². The second-order valence-corrected chi connectivity index (χ2v) is 4.98. The maximum Gasteiger partial charge on any atom is 0.411 e. The van der Waals surface area contributed by atoms with Gasteiger partial charge in [0.2, 0.25) is 5.41 Å². The topological polar surface area (TPSA) is 9.23 Å². The molecule has 2 rings (SSSR count). The highest BCUT2D eigenvalue weighted by atomic mass is 19.4. The number of alkyl halides is 6. The van der Waals surface area contributed by atoms with Crippen molar-refractivity contribution in [1.29, 1.82) is 0 Å². The predicted molar refractivity (Wildman–Crippen MR) is 72.3 cm³/mol. The van der Waals surface area contributed by atoms with Crippen LogP contribution in [0.15, 0.2) is 48.5 Å². The molecule has 0 N–H and O–H groups in total. The molecule has 0 saturated heterocycles. The Labute approximate surface area is 132 Å². The highest BCUT2D eigenvalue weighted by Crippen LogP contribution is 2.56. The number of rotatable bonds is 3. The minimum absolute atomic E-state index is 0.108. The largest absolute Gasteiger partial charge is 0.497 e. The van der Waals surface area contributed by atoms with E-state index in [-0.39, 0.29) is 5.75 Å². The molecule has 130 valence electrons. The van der Waals surface area contributed by atoms with Crippen LogP contribution in [0.3, 0.4) is 0 Å². The number of hydrogen-bond acceptors (Lipinski definition) is 1. The van der Waals surface area contributed by atoms with Crippen LogP contribution >= 0.6 is 0 Å². The van der Waals surface area contributed by atoms with E-state index >= 15 is 0 Å². The third-order valence-electron chi connectivity index (χ3n) is 3.65. The fourth-order valence-corrected chi connectivity index (χ4v) is 2.52. The van der Waals surface area contributed by atoms with Gasteiger partial charge in [-0.3, -0.25) is 0 Å².